The van der Waals surface area contributed by atoms with Crippen LogP contribution in [-0.4, -0.2) is 54.3 Å². The molecule has 0 aliphatic heterocycles. The van der Waals surface area contributed by atoms with Crippen molar-refractivity contribution >= 4 is 21.8 Å². The summed E-state index contributed by atoms with van der Waals surface area (Å²) < 4.78 is 5.55. The first-order valence-electron chi connectivity index (χ1n) is 5.07. The van der Waals surface area contributed by atoms with E-state index >= 15 is 0 Å². The molecule has 1 unspecified atom stereocenters. The lowest BCUT2D eigenvalue weighted by Gasteiger charge is -2.20. The van der Waals surface area contributed by atoms with Crippen LogP contribution in [0, 0.1) is 0 Å². The van der Waals surface area contributed by atoms with Crippen molar-refractivity contribution < 1.29 is 14.6 Å². The van der Waals surface area contributed by atoms with Crippen molar-refractivity contribution in [3.05, 3.63) is 28.5 Å². The van der Waals surface area contributed by atoms with Crippen LogP contribution in [0.15, 0.2) is 22.9 Å². The van der Waals surface area contributed by atoms with Gasteiger partial charge in [0.05, 0.1) is 18.3 Å². The highest BCUT2D eigenvalue weighted by Gasteiger charge is 2.15. The first kappa shape index (κ1) is 14.1. The second kappa shape index (κ2) is 6.68. The minimum absolute atomic E-state index is 0.186. The maximum absolute atomic E-state index is 11.9. The number of aromatic nitrogens is 1. The minimum atomic E-state index is -0.686. The largest absolute Gasteiger partial charge is 0.389 e. The highest BCUT2D eigenvalue weighted by Crippen LogP contribution is 2.11. The maximum atomic E-state index is 11.9. The fraction of sp³-hybridized carbons (Fsp3) is 0.455. The van der Waals surface area contributed by atoms with Crippen molar-refractivity contribution in [2.45, 2.75) is 6.10 Å². The van der Waals surface area contributed by atoms with E-state index in [0.29, 0.717) is 5.56 Å². The number of methoxy groups -OCH3 is 1. The molecule has 0 saturated heterocycles. The molecule has 0 bridgehead atoms. The highest BCUT2D eigenvalue weighted by atomic mass is 79.9. The van der Waals surface area contributed by atoms with Gasteiger partial charge in [-0.3, -0.25) is 9.78 Å². The van der Waals surface area contributed by atoms with Crippen LogP contribution in [0.1, 0.15) is 10.4 Å². The van der Waals surface area contributed by atoms with Crippen LogP contribution in [0.2, 0.25) is 0 Å². The molecule has 1 N–H and O–H groups in total. The van der Waals surface area contributed by atoms with E-state index in [2.05, 4.69) is 20.9 Å². The van der Waals surface area contributed by atoms with E-state index in [1.807, 2.05) is 0 Å². The molecule has 1 rings (SSSR count). The van der Waals surface area contributed by atoms with Gasteiger partial charge in [-0.25, -0.2) is 0 Å². The Morgan fingerprint density at radius 2 is 2.35 bits per heavy atom. The predicted octanol–water partition coefficient (Wildman–Crippen LogP) is 0.923. The van der Waals surface area contributed by atoms with E-state index in [9.17, 15) is 9.90 Å². The average Bonchev–Trinajstić information content (AvgIpc) is 2.28. The number of aliphatic hydroxyl groups is 1. The van der Waals surface area contributed by atoms with Crippen LogP contribution in [-0.2, 0) is 4.74 Å². The predicted molar refractivity (Wildman–Crippen MR) is 66.8 cm³/mol. The number of aliphatic hydroxyl groups excluding tert-OH is 1. The Morgan fingerprint density at radius 3 is 2.94 bits per heavy atom. The number of nitrogens with zero attached hydrogens (tertiary/aromatic N) is 2. The number of hydrogen-bond acceptors (Lipinski definition) is 4. The van der Waals surface area contributed by atoms with E-state index in [4.69, 9.17) is 4.74 Å². The molecule has 0 fully saturated rings. The summed E-state index contributed by atoms with van der Waals surface area (Å²) in [6.07, 6.45) is 2.41. The van der Waals surface area contributed by atoms with Gasteiger partial charge < -0.3 is 14.7 Å². The highest BCUT2D eigenvalue weighted by molar-refractivity contribution is 9.10. The molecule has 0 saturated carbocycles. The quantitative estimate of drug-likeness (QED) is 0.879. The zero-order valence-electron chi connectivity index (χ0n) is 9.76. The van der Waals surface area contributed by atoms with Gasteiger partial charge in [-0.15, -0.1) is 0 Å². The molecule has 1 heterocycles. The normalized spacial score (nSPS) is 12.2. The number of carbonyl (C=O) groups is 1. The van der Waals surface area contributed by atoms with Gasteiger partial charge in [-0.05, 0) is 22.0 Å². The summed E-state index contributed by atoms with van der Waals surface area (Å²) in [5.41, 5.74) is 0.478. The molecule has 1 aromatic rings. The summed E-state index contributed by atoms with van der Waals surface area (Å²) in [4.78, 5) is 17.3. The summed E-state index contributed by atoms with van der Waals surface area (Å²) in [7, 11) is 3.13. The molecule has 0 aliphatic carbocycles. The molecule has 0 aromatic carbocycles. The molecule has 6 heteroatoms. The van der Waals surface area contributed by atoms with Crippen molar-refractivity contribution in [3.63, 3.8) is 0 Å². The van der Waals surface area contributed by atoms with Crippen molar-refractivity contribution in [2.75, 3.05) is 27.3 Å². The topological polar surface area (TPSA) is 62.7 Å². The van der Waals surface area contributed by atoms with Crippen LogP contribution < -0.4 is 0 Å². The second-order valence-corrected chi connectivity index (χ2v) is 4.60. The van der Waals surface area contributed by atoms with Gasteiger partial charge in [0.1, 0.15) is 0 Å². The minimum Gasteiger partial charge on any atom is -0.389 e. The van der Waals surface area contributed by atoms with Crippen molar-refractivity contribution in [1.29, 1.82) is 0 Å². The van der Waals surface area contributed by atoms with Crippen LogP contribution in [0.3, 0.4) is 0 Å². The Balaban J connectivity index is 2.63. The van der Waals surface area contributed by atoms with E-state index < -0.39 is 6.10 Å². The number of amides is 1. The summed E-state index contributed by atoms with van der Waals surface area (Å²) in [5.74, 6) is -0.186. The van der Waals surface area contributed by atoms with E-state index in [0.717, 1.165) is 4.47 Å². The van der Waals surface area contributed by atoms with Gasteiger partial charge in [-0.1, -0.05) is 0 Å². The lowest BCUT2D eigenvalue weighted by molar-refractivity contribution is 0.0380. The van der Waals surface area contributed by atoms with Gasteiger partial charge in [0, 0.05) is 37.6 Å². The van der Waals surface area contributed by atoms with Crippen LogP contribution in [0.25, 0.3) is 0 Å². The smallest absolute Gasteiger partial charge is 0.255 e. The molecule has 17 heavy (non-hydrogen) atoms. The third-order valence-corrected chi connectivity index (χ3v) is 2.58. The number of ether oxygens (including phenoxy) is 1. The molecule has 0 spiro atoms. The monoisotopic (exact) mass is 302 g/mol. The summed E-state index contributed by atoms with van der Waals surface area (Å²) in [6, 6.07) is 1.69. The molecule has 5 nitrogen and oxygen atoms in total. The molecular weight excluding hydrogens is 288 g/mol. The maximum Gasteiger partial charge on any atom is 0.255 e. The fourth-order valence-electron chi connectivity index (χ4n) is 1.39. The van der Waals surface area contributed by atoms with Crippen molar-refractivity contribution in [3.8, 4) is 0 Å². The number of rotatable bonds is 5. The third kappa shape index (κ3) is 4.41. The number of hydrogen-bond donors (Lipinski definition) is 1. The van der Waals surface area contributed by atoms with Crippen molar-refractivity contribution in [1.82, 2.24) is 9.88 Å². The van der Waals surface area contributed by atoms with Gasteiger partial charge in [0.2, 0.25) is 0 Å². The molecule has 1 amide bonds. The number of likely N-dealkylation sites (N-methyl/N-ethyl adjacent to an activating group) is 1. The molecule has 1 aromatic heterocycles. The second-order valence-electron chi connectivity index (χ2n) is 3.69. The lowest BCUT2D eigenvalue weighted by Crippen LogP contribution is -2.36. The van der Waals surface area contributed by atoms with E-state index in [1.54, 1.807) is 19.3 Å². The van der Waals surface area contributed by atoms with Crippen LogP contribution in [0.5, 0.6) is 0 Å². The summed E-state index contributed by atoms with van der Waals surface area (Å²) in [6.45, 7) is 0.424. The third-order valence-electron chi connectivity index (χ3n) is 2.14. The molecule has 0 aliphatic rings. The average molecular weight is 303 g/mol. The first-order valence-corrected chi connectivity index (χ1v) is 5.87. The Bertz CT molecular complexity index is 387. The summed E-state index contributed by atoms with van der Waals surface area (Å²) in [5, 5.41) is 9.53. The number of pyridine rings is 1. The molecule has 1 atom stereocenters. The Kier molecular flexibility index (Phi) is 5.54. The lowest BCUT2D eigenvalue weighted by atomic mass is 10.2. The molecule has 94 valence electrons. The Hall–Kier alpha value is -0.980. The Labute approximate surface area is 109 Å². The van der Waals surface area contributed by atoms with Gasteiger partial charge in [0.25, 0.3) is 5.91 Å². The fourth-order valence-corrected chi connectivity index (χ4v) is 1.76. The van der Waals surface area contributed by atoms with Crippen LogP contribution >= 0.6 is 15.9 Å². The van der Waals surface area contributed by atoms with Gasteiger partial charge in [-0.2, -0.15) is 0 Å². The number of halogens is 1. The first-order chi connectivity index (χ1) is 8.04. The van der Waals surface area contributed by atoms with Crippen molar-refractivity contribution in [2.24, 2.45) is 0 Å². The summed E-state index contributed by atoms with van der Waals surface area (Å²) >= 11 is 3.25. The van der Waals surface area contributed by atoms with E-state index in [-0.39, 0.29) is 19.1 Å². The standard InChI is InChI=1S/C11H15BrN2O3/c1-14(6-10(15)7-17-2)11(16)8-3-9(12)5-13-4-8/h3-5,10,15H,6-7H2,1-2H3. The van der Waals surface area contributed by atoms with Crippen LogP contribution in [0.4, 0.5) is 0 Å². The van der Waals surface area contributed by atoms with E-state index in [1.165, 1.54) is 18.2 Å². The zero-order chi connectivity index (χ0) is 12.8. The van der Waals surface area contributed by atoms with Gasteiger partial charge >= 0.3 is 0 Å². The Morgan fingerprint density at radius 1 is 1.65 bits per heavy atom. The number of carbonyl (C=O) groups excluding carboxylic acids is 1. The zero-order valence-corrected chi connectivity index (χ0v) is 11.3. The molecule has 0 radical (unpaired) electrons. The molecular formula is C11H15BrN2O3. The SMILES string of the molecule is COCC(O)CN(C)C(=O)c1cncc(Br)c1. The van der Waals surface area contributed by atoms with Gasteiger partial charge in [0.15, 0.2) is 0 Å².